The van der Waals surface area contributed by atoms with E-state index in [2.05, 4.69) is 16.0 Å². The average Bonchev–Trinajstić information content (AvgIpc) is 3.23. The number of hydrogen-bond donors (Lipinski definition) is 3. The lowest BCUT2D eigenvalue weighted by atomic mass is 10.1. The molecule has 1 atom stereocenters. The second-order valence-electron chi connectivity index (χ2n) is 5.29. The van der Waals surface area contributed by atoms with E-state index in [0.717, 1.165) is 18.5 Å². The predicted molar refractivity (Wildman–Crippen MR) is 86.8 cm³/mol. The van der Waals surface area contributed by atoms with Gasteiger partial charge in [-0.05, 0) is 38.1 Å². The van der Waals surface area contributed by atoms with Gasteiger partial charge in [0.1, 0.15) is 0 Å². The highest BCUT2D eigenvalue weighted by Crippen LogP contribution is 2.30. The molecule has 2 rings (SSSR count). The monoisotopic (exact) mass is 311 g/mol. The lowest BCUT2D eigenvalue weighted by Gasteiger charge is -2.12. The Balaban J connectivity index is 0.00000220. The number of nitrogens with one attached hydrogen (secondary N) is 3. The highest BCUT2D eigenvalue weighted by Gasteiger charge is 2.29. The smallest absolute Gasteiger partial charge is 0.228 e. The Kier molecular flexibility index (Phi) is 6.65. The van der Waals surface area contributed by atoms with Gasteiger partial charge in [-0.15, -0.1) is 12.4 Å². The first-order valence-corrected chi connectivity index (χ1v) is 6.96. The number of benzene rings is 1. The first kappa shape index (κ1) is 17.5. The van der Waals surface area contributed by atoms with Crippen molar-refractivity contribution < 1.29 is 9.59 Å². The van der Waals surface area contributed by atoms with Gasteiger partial charge in [-0.25, -0.2) is 0 Å². The second-order valence-corrected chi connectivity index (χ2v) is 5.29. The van der Waals surface area contributed by atoms with E-state index in [9.17, 15) is 9.59 Å². The molecule has 0 radical (unpaired) electrons. The Morgan fingerprint density at radius 3 is 2.43 bits per heavy atom. The lowest BCUT2D eigenvalue weighted by molar-refractivity contribution is -0.119. The summed E-state index contributed by atoms with van der Waals surface area (Å²) >= 11 is 0. The van der Waals surface area contributed by atoms with Crippen LogP contribution >= 0.6 is 12.4 Å². The van der Waals surface area contributed by atoms with Crippen molar-refractivity contribution in [2.45, 2.75) is 19.8 Å². The van der Waals surface area contributed by atoms with E-state index < -0.39 is 0 Å². The minimum atomic E-state index is -0.107. The highest BCUT2D eigenvalue weighted by molar-refractivity contribution is 5.96. The molecule has 1 aliphatic carbocycles. The Morgan fingerprint density at radius 2 is 1.86 bits per heavy atom. The number of carbonyl (C=O) groups excluding carboxylic acids is 2. The minimum absolute atomic E-state index is 0. The fraction of sp³-hybridized carbons (Fsp3) is 0.467. The van der Waals surface area contributed by atoms with Crippen LogP contribution in [0.1, 0.15) is 19.8 Å². The highest BCUT2D eigenvalue weighted by atomic mass is 35.5. The van der Waals surface area contributed by atoms with Gasteiger partial charge in [-0.1, -0.05) is 13.0 Å². The molecule has 1 saturated carbocycles. The Bertz CT molecular complexity index is 503. The zero-order chi connectivity index (χ0) is 14.5. The van der Waals surface area contributed by atoms with Crippen molar-refractivity contribution in [3.05, 3.63) is 24.3 Å². The summed E-state index contributed by atoms with van der Waals surface area (Å²) in [5.74, 6) is 0.0932. The van der Waals surface area contributed by atoms with Gasteiger partial charge in [0.15, 0.2) is 0 Å². The molecule has 0 aliphatic heterocycles. The Morgan fingerprint density at radius 1 is 1.24 bits per heavy atom. The largest absolute Gasteiger partial charge is 0.326 e. The Hall–Kier alpha value is -1.59. The first-order valence-electron chi connectivity index (χ1n) is 6.96. The van der Waals surface area contributed by atoms with Crippen molar-refractivity contribution in [2.75, 3.05) is 24.2 Å². The lowest BCUT2D eigenvalue weighted by Crippen LogP contribution is -2.28. The molecule has 0 spiro atoms. The molecule has 2 amide bonds. The summed E-state index contributed by atoms with van der Waals surface area (Å²) in [6.45, 7) is 2.49. The molecule has 21 heavy (non-hydrogen) atoms. The predicted octanol–water partition coefficient (Wildman–Crippen LogP) is 2.25. The number of anilines is 2. The third-order valence-electron chi connectivity index (χ3n) is 3.30. The van der Waals surface area contributed by atoms with Crippen LogP contribution in [0.2, 0.25) is 0 Å². The van der Waals surface area contributed by atoms with E-state index in [1.165, 1.54) is 0 Å². The number of halogens is 1. The SMILES string of the molecule is CNCC(C)C(=O)Nc1cccc(NC(=O)C2CC2)c1.Cl. The number of amides is 2. The normalized spacial score (nSPS) is 14.8. The van der Waals surface area contributed by atoms with Crippen LogP contribution in [-0.4, -0.2) is 25.4 Å². The maximum absolute atomic E-state index is 11.9. The molecule has 116 valence electrons. The van der Waals surface area contributed by atoms with Crippen molar-refractivity contribution in [2.24, 2.45) is 11.8 Å². The van der Waals surface area contributed by atoms with Crippen LogP contribution in [0.3, 0.4) is 0 Å². The van der Waals surface area contributed by atoms with Crippen LogP contribution in [0.5, 0.6) is 0 Å². The van der Waals surface area contributed by atoms with Gasteiger partial charge in [0.25, 0.3) is 0 Å². The van der Waals surface area contributed by atoms with Crippen LogP contribution in [0.15, 0.2) is 24.3 Å². The molecule has 5 nitrogen and oxygen atoms in total. The molecule has 3 N–H and O–H groups in total. The summed E-state index contributed by atoms with van der Waals surface area (Å²) in [7, 11) is 1.82. The van der Waals surface area contributed by atoms with E-state index in [1.807, 2.05) is 32.2 Å². The fourth-order valence-corrected chi connectivity index (χ4v) is 1.93. The van der Waals surface area contributed by atoms with E-state index in [1.54, 1.807) is 6.07 Å². The third-order valence-corrected chi connectivity index (χ3v) is 3.30. The molecule has 0 heterocycles. The van der Waals surface area contributed by atoms with Crippen LogP contribution in [-0.2, 0) is 9.59 Å². The standard InChI is InChI=1S/C15H21N3O2.ClH/c1-10(9-16-2)14(19)17-12-4-3-5-13(8-12)18-15(20)11-6-7-11;/h3-5,8,10-11,16H,6-7,9H2,1-2H3,(H,17,19)(H,18,20);1H. The maximum atomic E-state index is 11.9. The molecule has 6 heteroatoms. The fourth-order valence-electron chi connectivity index (χ4n) is 1.93. The van der Waals surface area contributed by atoms with Gasteiger partial charge in [-0.2, -0.15) is 0 Å². The van der Waals surface area contributed by atoms with Gasteiger partial charge in [-0.3, -0.25) is 9.59 Å². The van der Waals surface area contributed by atoms with Gasteiger partial charge in [0.05, 0.1) is 0 Å². The molecular formula is C15H22ClN3O2. The molecule has 1 aliphatic rings. The number of hydrogen-bond acceptors (Lipinski definition) is 3. The van der Waals surface area contributed by atoms with Crippen LogP contribution < -0.4 is 16.0 Å². The molecule has 1 aromatic rings. The summed E-state index contributed by atoms with van der Waals surface area (Å²) < 4.78 is 0. The summed E-state index contributed by atoms with van der Waals surface area (Å²) in [5, 5.41) is 8.70. The van der Waals surface area contributed by atoms with Crippen molar-refractivity contribution in [1.82, 2.24) is 5.32 Å². The quantitative estimate of drug-likeness (QED) is 0.754. The summed E-state index contributed by atoms with van der Waals surface area (Å²) in [6, 6.07) is 7.24. The van der Waals surface area contributed by atoms with Crippen molar-refractivity contribution in [1.29, 1.82) is 0 Å². The van der Waals surface area contributed by atoms with E-state index in [4.69, 9.17) is 0 Å². The summed E-state index contributed by atoms with van der Waals surface area (Å²) in [4.78, 5) is 23.6. The molecular weight excluding hydrogens is 290 g/mol. The topological polar surface area (TPSA) is 70.2 Å². The van der Waals surface area contributed by atoms with Gasteiger partial charge in [0.2, 0.25) is 11.8 Å². The molecule has 1 aromatic carbocycles. The average molecular weight is 312 g/mol. The van der Waals surface area contributed by atoms with Crippen LogP contribution in [0.25, 0.3) is 0 Å². The van der Waals surface area contributed by atoms with Crippen molar-refractivity contribution in [3.8, 4) is 0 Å². The van der Waals surface area contributed by atoms with Crippen molar-refractivity contribution >= 4 is 35.6 Å². The van der Waals surface area contributed by atoms with Gasteiger partial charge < -0.3 is 16.0 Å². The van der Waals surface area contributed by atoms with Gasteiger partial charge in [0, 0.05) is 29.8 Å². The molecule has 1 unspecified atom stereocenters. The van der Waals surface area contributed by atoms with E-state index in [-0.39, 0.29) is 36.1 Å². The summed E-state index contributed by atoms with van der Waals surface area (Å²) in [6.07, 6.45) is 1.95. The zero-order valence-corrected chi connectivity index (χ0v) is 13.1. The van der Waals surface area contributed by atoms with Gasteiger partial charge >= 0.3 is 0 Å². The first-order chi connectivity index (χ1) is 9.60. The van der Waals surface area contributed by atoms with Crippen molar-refractivity contribution in [3.63, 3.8) is 0 Å². The minimum Gasteiger partial charge on any atom is -0.326 e. The van der Waals surface area contributed by atoms with Crippen LogP contribution in [0.4, 0.5) is 11.4 Å². The zero-order valence-electron chi connectivity index (χ0n) is 12.3. The third kappa shape index (κ3) is 5.36. The van der Waals surface area contributed by atoms with E-state index >= 15 is 0 Å². The Labute approximate surface area is 131 Å². The number of rotatable bonds is 6. The summed E-state index contributed by atoms with van der Waals surface area (Å²) in [5.41, 5.74) is 1.42. The number of carbonyl (C=O) groups is 2. The molecule has 0 aromatic heterocycles. The van der Waals surface area contributed by atoms with Crippen LogP contribution in [0, 0.1) is 11.8 Å². The second kappa shape index (κ2) is 8.00. The molecule has 0 bridgehead atoms. The van der Waals surface area contributed by atoms with E-state index in [0.29, 0.717) is 12.2 Å². The molecule has 0 saturated heterocycles. The molecule has 1 fully saturated rings. The maximum Gasteiger partial charge on any atom is 0.228 e.